The zero-order valence-electron chi connectivity index (χ0n) is 12.1. The molecule has 0 bridgehead atoms. The molecule has 0 unspecified atom stereocenters. The molecule has 2 aromatic heterocycles. The fourth-order valence-corrected chi connectivity index (χ4v) is 3.67. The minimum absolute atomic E-state index is 0.268. The van der Waals surface area contributed by atoms with E-state index in [1.54, 1.807) is 18.3 Å². The summed E-state index contributed by atoms with van der Waals surface area (Å²) in [4.78, 5) is 29.8. The van der Waals surface area contributed by atoms with Crippen molar-refractivity contribution < 1.29 is 9.59 Å². The van der Waals surface area contributed by atoms with E-state index >= 15 is 0 Å². The summed E-state index contributed by atoms with van der Waals surface area (Å²) in [5, 5.41) is 0. The van der Waals surface area contributed by atoms with Crippen LogP contribution in [0.2, 0.25) is 0 Å². The maximum absolute atomic E-state index is 12.2. The van der Waals surface area contributed by atoms with E-state index in [1.165, 1.54) is 47.2 Å². The number of nitrogens with one attached hydrogen (secondary N) is 2. The highest BCUT2D eigenvalue weighted by Gasteiger charge is 2.17. The van der Waals surface area contributed by atoms with Crippen molar-refractivity contribution in [1.29, 1.82) is 0 Å². The van der Waals surface area contributed by atoms with E-state index in [1.807, 2.05) is 6.07 Å². The number of carbonyl (C=O) groups is 2. The first-order valence-electron chi connectivity index (χ1n) is 7.36. The minimum atomic E-state index is -0.375. The van der Waals surface area contributed by atoms with Crippen molar-refractivity contribution in [1.82, 2.24) is 15.8 Å². The molecule has 2 amide bonds. The van der Waals surface area contributed by atoms with E-state index < -0.39 is 0 Å². The highest BCUT2D eigenvalue weighted by atomic mass is 32.1. The molecule has 2 aromatic rings. The molecule has 0 atom stereocenters. The normalized spacial score (nSPS) is 13.8. The summed E-state index contributed by atoms with van der Waals surface area (Å²) >= 11 is 1.53. The quantitative estimate of drug-likeness (QED) is 0.661. The second-order valence-corrected chi connectivity index (χ2v) is 6.41. The Hall–Kier alpha value is -2.21. The molecule has 1 aliphatic rings. The van der Waals surface area contributed by atoms with Gasteiger partial charge in [-0.2, -0.15) is 0 Å². The molecule has 114 valence electrons. The summed E-state index contributed by atoms with van der Waals surface area (Å²) in [5.74, 6) is -0.644. The fraction of sp³-hybridized carbons (Fsp3) is 0.312. The minimum Gasteiger partial charge on any atom is -0.267 e. The predicted molar refractivity (Wildman–Crippen MR) is 84.7 cm³/mol. The smallest absolute Gasteiger partial charge is 0.267 e. The van der Waals surface area contributed by atoms with Gasteiger partial charge in [0.25, 0.3) is 11.8 Å². The van der Waals surface area contributed by atoms with Gasteiger partial charge in [-0.15, -0.1) is 11.3 Å². The van der Waals surface area contributed by atoms with E-state index in [-0.39, 0.29) is 11.8 Å². The monoisotopic (exact) mass is 315 g/mol. The second-order valence-electron chi connectivity index (χ2n) is 5.27. The second kappa shape index (κ2) is 6.70. The van der Waals surface area contributed by atoms with Crippen LogP contribution in [0.15, 0.2) is 30.6 Å². The van der Waals surface area contributed by atoms with Crippen LogP contribution in [0.3, 0.4) is 0 Å². The zero-order chi connectivity index (χ0) is 15.4. The van der Waals surface area contributed by atoms with Gasteiger partial charge in [-0.05, 0) is 49.4 Å². The van der Waals surface area contributed by atoms with Crippen molar-refractivity contribution in [2.45, 2.75) is 32.1 Å². The van der Waals surface area contributed by atoms with E-state index in [0.29, 0.717) is 10.4 Å². The third-order valence-corrected chi connectivity index (χ3v) is 4.92. The molecule has 0 fully saturated rings. The Morgan fingerprint density at radius 1 is 1.09 bits per heavy atom. The Labute approximate surface area is 132 Å². The molecule has 6 heteroatoms. The number of fused-ring (bicyclic) bond motifs is 1. The van der Waals surface area contributed by atoms with Crippen molar-refractivity contribution >= 4 is 23.2 Å². The molecule has 0 saturated heterocycles. The van der Waals surface area contributed by atoms with Crippen molar-refractivity contribution in [3.8, 4) is 0 Å². The van der Waals surface area contributed by atoms with Gasteiger partial charge in [0.1, 0.15) is 0 Å². The van der Waals surface area contributed by atoms with Gasteiger partial charge < -0.3 is 0 Å². The molecule has 2 heterocycles. The van der Waals surface area contributed by atoms with Crippen molar-refractivity contribution in [2.75, 3.05) is 0 Å². The van der Waals surface area contributed by atoms with Gasteiger partial charge in [0.05, 0.1) is 10.4 Å². The topological polar surface area (TPSA) is 71.1 Å². The molecule has 1 aliphatic carbocycles. The van der Waals surface area contributed by atoms with Crippen molar-refractivity contribution in [2.24, 2.45) is 0 Å². The van der Waals surface area contributed by atoms with Crippen LogP contribution in [0, 0.1) is 0 Å². The van der Waals surface area contributed by atoms with Crippen LogP contribution in [0.1, 0.15) is 49.7 Å². The molecule has 3 rings (SSSR count). The van der Waals surface area contributed by atoms with Gasteiger partial charge in [0, 0.05) is 17.3 Å². The van der Waals surface area contributed by atoms with Crippen LogP contribution >= 0.6 is 11.3 Å². The number of pyridine rings is 1. The molecule has 0 aliphatic heterocycles. The summed E-state index contributed by atoms with van der Waals surface area (Å²) in [7, 11) is 0. The van der Waals surface area contributed by atoms with E-state index in [4.69, 9.17) is 0 Å². The largest absolute Gasteiger partial charge is 0.279 e. The summed E-state index contributed by atoms with van der Waals surface area (Å²) in [6, 6.07) is 5.27. The lowest BCUT2D eigenvalue weighted by molar-refractivity contribution is 0.0848. The number of hydrazine groups is 1. The Balaban J connectivity index is 1.62. The number of aromatic nitrogens is 1. The van der Waals surface area contributed by atoms with Crippen LogP contribution in [-0.2, 0) is 12.8 Å². The molecule has 2 N–H and O–H groups in total. The van der Waals surface area contributed by atoms with Crippen molar-refractivity contribution in [3.63, 3.8) is 0 Å². The molecule has 22 heavy (non-hydrogen) atoms. The first-order chi connectivity index (χ1) is 10.7. The highest BCUT2D eigenvalue weighted by Crippen LogP contribution is 2.28. The van der Waals surface area contributed by atoms with Crippen molar-refractivity contribution in [3.05, 3.63) is 51.5 Å². The Morgan fingerprint density at radius 3 is 2.73 bits per heavy atom. The van der Waals surface area contributed by atoms with Crippen LogP contribution in [0.25, 0.3) is 0 Å². The molecule has 0 radical (unpaired) electrons. The molecular weight excluding hydrogens is 298 g/mol. The Bertz CT molecular complexity index is 658. The summed E-state index contributed by atoms with van der Waals surface area (Å²) in [6.45, 7) is 0. The number of nitrogens with zero attached hydrogens (tertiary/aromatic N) is 1. The van der Waals surface area contributed by atoms with Gasteiger partial charge >= 0.3 is 0 Å². The fourth-order valence-electron chi connectivity index (χ4n) is 2.52. The molecule has 0 spiro atoms. The van der Waals surface area contributed by atoms with Gasteiger partial charge in [0.2, 0.25) is 0 Å². The number of thiophene rings is 1. The Kier molecular flexibility index (Phi) is 4.48. The summed E-state index contributed by atoms with van der Waals surface area (Å²) in [5.41, 5.74) is 6.57. The lowest BCUT2D eigenvalue weighted by Gasteiger charge is -2.05. The third-order valence-electron chi connectivity index (χ3n) is 3.68. The first-order valence-corrected chi connectivity index (χ1v) is 8.18. The van der Waals surface area contributed by atoms with Crippen LogP contribution in [0.5, 0.6) is 0 Å². The lowest BCUT2D eigenvalue weighted by atomic mass is 10.1. The number of hydrogen-bond donors (Lipinski definition) is 2. The first kappa shape index (κ1) is 14.7. The molecular formula is C16H17N3O2S. The van der Waals surface area contributed by atoms with Crippen LogP contribution in [-0.4, -0.2) is 16.8 Å². The van der Waals surface area contributed by atoms with E-state index in [2.05, 4.69) is 15.8 Å². The SMILES string of the molecule is O=C(NNC(=O)c1cc2c(s1)CCCCC2)c1cccnc1. The number of aryl methyl sites for hydroxylation is 2. The highest BCUT2D eigenvalue weighted by molar-refractivity contribution is 7.14. The van der Waals surface area contributed by atoms with E-state index in [0.717, 1.165) is 12.8 Å². The molecule has 0 aromatic carbocycles. The number of amides is 2. The average Bonchev–Trinajstić information content (AvgIpc) is 2.84. The maximum Gasteiger partial charge on any atom is 0.279 e. The summed E-state index contributed by atoms with van der Waals surface area (Å²) < 4.78 is 0. The third kappa shape index (κ3) is 3.33. The lowest BCUT2D eigenvalue weighted by Crippen LogP contribution is -2.41. The number of hydrogen-bond acceptors (Lipinski definition) is 4. The Morgan fingerprint density at radius 2 is 1.91 bits per heavy atom. The average molecular weight is 315 g/mol. The predicted octanol–water partition coefficient (Wildman–Crippen LogP) is 2.49. The van der Waals surface area contributed by atoms with Gasteiger partial charge in [-0.3, -0.25) is 25.4 Å². The van der Waals surface area contributed by atoms with Crippen LogP contribution < -0.4 is 10.9 Å². The number of carbonyl (C=O) groups excluding carboxylic acids is 2. The molecule has 0 saturated carbocycles. The van der Waals surface area contributed by atoms with Crippen LogP contribution in [0.4, 0.5) is 0 Å². The van der Waals surface area contributed by atoms with Gasteiger partial charge in [-0.25, -0.2) is 0 Å². The van der Waals surface area contributed by atoms with E-state index in [9.17, 15) is 9.59 Å². The number of rotatable bonds is 2. The summed E-state index contributed by atoms with van der Waals surface area (Å²) in [6.07, 6.45) is 8.76. The molecule has 5 nitrogen and oxygen atoms in total. The van der Waals surface area contributed by atoms with Gasteiger partial charge in [0.15, 0.2) is 0 Å². The van der Waals surface area contributed by atoms with Gasteiger partial charge in [-0.1, -0.05) is 6.42 Å². The zero-order valence-corrected chi connectivity index (χ0v) is 12.9. The standard InChI is InChI=1S/C16H17N3O2S/c20-15(12-6-4-8-17-10-12)18-19-16(21)14-9-11-5-2-1-3-7-13(11)22-14/h4,6,8-10H,1-3,5,7H2,(H,18,20)(H,19,21). The maximum atomic E-state index is 12.2.